The number of ketones is 1. The first-order chi connectivity index (χ1) is 33.5. The highest BCUT2D eigenvalue weighted by molar-refractivity contribution is 5.87. The Balaban J connectivity index is 0.000000701. The van der Waals surface area contributed by atoms with Crippen LogP contribution in [0.15, 0.2) is 29.3 Å². The second-order valence-corrected chi connectivity index (χ2v) is 16.4. The highest BCUT2D eigenvalue weighted by Gasteiger charge is 2.28. The minimum absolute atomic E-state index is 0.0190. The van der Waals surface area contributed by atoms with Crippen LogP contribution in [0, 0.1) is 5.92 Å². The summed E-state index contributed by atoms with van der Waals surface area (Å²) >= 11 is 0. The molecular weight excluding hydrogens is 921 g/mol. The average Bonchev–Trinajstić information content (AvgIpc) is 4.05. The molecule has 4 atom stereocenters. The summed E-state index contributed by atoms with van der Waals surface area (Å²) in [5, 5.41) is 20.6. The summed E-state index contributed by atoms with van der Waals surface area (Å²) in [4.78, 5) is 130. The summed E-state index contributed by atoms with van der Waals surface area (Å²) in [6.07, 6.45) is 10.6. The fourth-order valence-electron chi connectivity index (χ4n) is 6.13. The van der Waals surface area contributed by atoms with E-state index in [9.17, 15) is 53.1 Å². The lowest BCUT2D eigenvalue weighted by molar-refractivity contribution is -0.167. The molecule has 1 aromatic heterocycles. The molecule has 1 aromatic rings. The molecule has 2 heterocycles. The van der Waals surface area contributed by atoms with Gasteiger partial charge in [-0.05, 0) is 37.7 Å². The number of rotatable bonds is 37. The Morgan fingerprint density at radius 2 is 1.19 bits per heavy atom. The van der Waals surface area contributed by atoms with E-state index in [1.165, 1.54) is 12.5 Å². The second kappa shape index (κ2) is 37.4. The van der Waals surface area contributed by atoms with E-state index in [0.29, 0.717) is 37.8 Å². The number of amides is 1. The van der Waals surface area contributed by atoms with Crippen LogP contribution in [0.25, 0.3) is 0 Å². The van der Waals surface area contributed by atoms with Crippen LogP contribution >= 0.6 is 0 Å². The first-order valence-corrected chi connectivity index (χ1v) is 23.9. The van der Waals surface area contributed by atoms with Crippen molar-refractivity contribution in [2.24, 2.45) is 10.9 Å². The van der Waals surface area contributed by atoms with E-state index in [-0.39, 0.29) is 96.4 Å². The van der Waals surface area contributed by atoms with E-state index >= 15 is 0 Å². The molecule has 4 unspecified atom stereocenters. The fourth-order valence-corrected chi connectivity index (χ4v) is 6.13. The summed E-state index contributed by atoms with van der Waals surface area (Å²) in [7, 11) is 0. The monoisotopic (exact) mass is 992 g/mol. The maximum Gasteiger partial charge on any atom is 0.329 e. The topological polar surface area (TPSA) is 320 Å². The zero-order valence-corrected chi connectivity index (χ0v) is 40.9. The van der Waals surface area contributed by atoms with Crippen LogP contribution in [0.1, 0.15) is 155 Å². The zero-order valence-electron chi connectivity index (χ0n) is 40.9. The van der Waals surface area contributed by atoms with Gasteiger partial charge in [0, 0.05) is 82.1 Å². The van der Waals surface area contributed by atoms with Crippen molar-refractivity contribution in [1.29, 1.82) is 0 Å². The summed E-state index contributed by atoms with van der Waals surface area (Å²) in [6, 6.07) is -1.14. The predicted octanol–water partition coefficient (Wildman–Crippen LogP) is 5.23. The number of nitrogens with zero attached hydrogens (tertiary/aromatic N) is 2. The minimum Gasteiger partial charge on any atom is -0.481 e. The van der Waals surface area contributed by atoms with E-state index in [1.54, 1.807) is 12.4 Å². The smallest absolute Gasteiger partial charge is 0.329 e. The van der Waals surface area contributed by atoms with Crippen molar-refractivity contribution >= 4 is 65.7 Å². The van der Waals surface area contributed by atoms with Gasteiger partial charge >= 0.3 is 47.8 Å². The number of unbranched alkanes of at least 4 members (excludes halogenated alkanes) is 4. The number of nitrogens with one attached hydrogen (secondary N) is 2. The SMILES string of the molecule is CCCCC(=O)OCC(COC(=O)CCC(=O)CC(CC1=CN=CC1)C(=O)O)OC(=O)CCC.CCCCCC(=O)OC(COC(=O)CCCC)COC(=O)C(Cc1cnc[nH]1)NC(=O)CCC(=O)O. The van der Waals surface area contributed by atoms with Crippen molar-refractivity contribution in [1.82, 2.24) is 15.3 Å². The number of imidazole rings is 1. The predicted molar refractivity (Wildman–Crippen MR) is 249 cm³/mol. The summed E-state index contributed by atoms with van der Waals surface area (Å²) < 4.78 is 31.3. The highest BCUT2D eigenvalue weighted by atomic mass is 16.6. The van der Waals surface area contributed by atoms with Crippen molar-refractivity contribution in [3.63, 3.8) is 0 Å². The lowest BCUT2D eigenvalue weighted by atomic mass is 9.92. The largest absolute Gasteiger partial charge is 0.481 e. The number of aliphatic imine (C=N–C) groups is 1. The Labute approximate surface area is 408 Å². The third-order valence-corrected chi connectivity index (χ3v) is 10.0. The molecule has 0 bridgehead atoms. The van der Waals surface area contributed by atoms with Crippen molar-refractivity contribution < 1.29 is 86.6 Å². The Hall–Kier alpha value is -6.48. The number of hydrogen-bond donors (Lipinski definition) is 4. The molecule has 0 fully saturated rings. The number of H-pyrrole nitrogens is 1. The lowest BCUT2D eigenvalue weighted by Crippen LogP contribution is -2.44. The Bertz CT molecular complexity index is 1860. The number of aliphatic carboxylic acids is 2. The van der Waals surface area contributed by atoms with E-state index < -0.39 is 84.3 Å². The third-order valence-electron chi connectivity index (χ3n) is 10.0. The Morgan fingerprint density at radius 3 is 1.69 bits per heavy atom. The van der Waals surface area contributed by atoms with Gasteiger partial charge in [-0.1, -0.05) is 53.4 Å². The standard InChI is InChI=1S/C24H37N3O9.C24H35NO9/c1-3-5-7-9-23(32)36-18(14-34-22(31)8-6-4-2)15-35-24(33)19(12-17-13-25-16-26-17)27-20(28)10-11-21(29)30;1-3-5-7-21(27)32-15-20(34-23(29)6-4-2)16-33-22(28)9-8-19(26)13-18(24(30)31)12-17-10-11-25-14-17/h13,16,18-19H,3-12,14-15H2,1-2H3,(H,25,26)(H,27,28)(H,29,30);11,14,18,20H,3-10,12-13,15-16H2,1-2H3,(H,30,31). The van der Waals surface area contributed by atoms with Gasteiger partial charge in [-0.25, -0.2) is 9.78 Å². The maximum atomic E-state index is 12.8. The summed E-state index contributed by atoms with van der Waals surface area (Å²) in [5.74, 6) is -7.47. The minimum atomic E-state index is -1.14. The van der Waals surface area contributed by atoms with Gasteiger partial charge in [0.15, 0.2) is 12.2 Å². The molecule has 0 spiro atoms. The fraction of sp³-hybridized carbons (Fsp3) is 0.667. The molecule has 1 aliphatic heterocycles. The lowest BCUT2D eigenvalue weighted by Gasteiger charge is -2.21. The van der Waals surface area contributed by atoms with Gasteiger partial charge in [-0.3, -0.25) is 48.1 Å². The molecule has 2 rings (SSSR count). The molecule has 4 N–H and O–H groups in total. The van der Waals surface area contributed by atoms with Gasteiger partial charge in [-0.15, -0.1) is 0 Å². The Morgan fingerprint density at radius 1 is 0.629 bits per heavy atom. The van der Waals surface area contributed by atoms with Crippen LogP contribution in [0.4, 0.5) is 0 Å². The third kappa shape index (κ3) is 30.8. The molecule has 22 nitrogen and oxygen atoms in total. The normalized spacial score (nSPS) is 13.2. The molecule has 392 valence electrons. The van der Waals surface area contributed by atoms with Crippen LogP contribution in [-0.4, -0.2) is 131 Å². The van der Waals surface area contributed by atoms with E-state index in [2.05, 4.69) is 20.3 Å². The number of allylic oxidation sites excluding steroid dienone is 1. The van der Waals surface area contributed by atoms with Gasteiger partial charge in [0.2, 0.25) is 5.91 Å². The molecule has 0 saturated carbocycles. The van der Waals surface area contributed by atoms with Crippen LogP contribution in [0.3, 0.4) is 0 Å². The number of aromatic amines is 1. The molecule has 70 heavy (non-hydrogen) atoms. The molecule has 1 aliphatic rings. The number of aromatic nitrogens is 2. The van der Waals surface area contributed by atoms with Crippen molar-refractivity contribution in [3.8, 4) is 0 Å². The van der Waals surface area contributed by atoms with Crippen molar-refractivity contribution in [2.45, 2.75) is 174 Å². The van der Waals surface area contributed by atoms with Crippen LogP contribution in [-0.2, 0) is 82.8 Å². The van der Waals surface area contributed by atoms with Crippen molar-refractivity contribution in [2.75, 3.05) is 26.4 Å². The highest BCUT2D eigenvalue weighted by Crippen LogP contribution is 2.22. The van der Waals surface area contributed by atoms with Gasteiger partial charge in [0.1, 0.15) is 38.3 Å². The number of carbonyl (C=O) groups is 10. The zero-order chi connectivity index (χ0) is 52.1. The first-order valence-electron chi connectivity index (χ1n) is 23.9. The number of carboxylic acids is 2. The second-order valence-electron chi connectivity index (χ2n) is 16.4. The summed E-state index contributed by atoms with van der Waals surface area (Å²) in [6.45, 7) is 6.49. The number of esters is 6. The maximum absolute atomic E-state index is 12.8. The van der Waals surface area contributed by atoms with Gasteiger partial charge < -0.3 is 48.9 Å². The van der Waals surface area contributed by atoms with Gasteiger partial charge in [0.05, 0.1) is 25.1 Å². The number of carboxylic acid groups (broad SMARTS) is 2. The van der Waals surface area contributed by atoms with Gasteiger partial charge in [0.25, 0.3) is 0 Å². The quantitative estimate of drug-likeness (QED) is 0.0376. The molecule has 22 heteroatoms. The van der Waals surface area contributed by atoms with E-state index in [4.69, 9.17) is 33.5 Å². The van der Waals surface area contributed by atoms with Gasteiger partial charge in [-0.2, -0.15) is 0 Å². The number of carbonyl (C=O) groups excluding carboxylic acids is 8. The average molecular weight is 993 g/mol. The molecule has 1 amide bonds. The molecule has 0 aromatic carbocycles. The first kappa shape index (κ1) is 61.5. The molecule has 0 saturated heterocycles. The molecular formula is C48H72N4O18. The van der Waals surface area contributed by atoms with Crippen LogP contribution < -0.4 is 5.32 Å². The van der Waals surface area contributed by atoms with Crippen molar-refractivity contribution in [3.05, 3.63) is 30.0 Å². The summed E-state index contributed by atoms with van der Waals surface area (Å²) in [5.41, 5.74) is 1.39. The van der Waals surface area contributed by atoms with Crippen LogP contribution in [0.2, 0.25) is 0 Å². The number of hydrogen-bond acceptors (Lipinski definition) is 18. The number of ether oxygens (including phenoxy) is 6. The van der Waals surface area contributed by atoms with E-state index in [1.807, 2.05) is 27.7 Å². The molecule has 0 aliphatic carbocycles. The number of Topliss-reactive ketones (excluding diaryl/α,β-unsaturated/α-hetero) is 1. The van der Waals surface area contributed by atoms with E-state index in [0.717, 1.165) is 31.3 Å². The molecule has 0 radical (unpaired) electrons. The Kier molecular flexibility index (Phi) is 32.9. The van der Waals surface area contributed by atoms with Crippen LogP contribution in [0.5, 0.6) is 0 Å².